The molecule has 1 atom stereocenters. The minimum Gasteiger partial charge on any atom is -0.465 e. The maximum atomic E-state index is 12.2. The fourth-order valence-corrected chi connectivity index (χ4v) is 1.82. The molecule has 1 aliphatic heterocycles. The number of aliphatic imine (C=N–C) groups is 1. The summed E-state index contributed by atoms with van der Waals surface area (Å²) in [6, 6.07) is 4.13. The molecule has 7 heteroatoms. The van der Waals surface area contributed by atoms with Gasteiger partial charge in [-0.1, -0.05) is 6.07 Å². The monoisotopic (exact) mass is 262 g/mol. The molecule has 0 N–H and O–H groups in total. The number of nitro benzene ring substituents is 1. The topological polar surface area (TPSA) is 98.9 Å². The molecular weight excluding hydrogens is 252 g/mol. The molecule has 0 saturated carbocycles. The molecule has 0 aromatic heterocycles. The van der Waals surface area contributed by atoms with Gasteiger partial charge in [-0.25, -0.2) is 0 Å². The van der Waals surface area contributed by atoms with Crippen molar-refractivity contribution in [2.75, 3.05) is 6.61 Å². The van der Waals surface area contributed by atoms with Crippen LogP contribution in [0.25, 0.3) is 0 Å². The van der Waals surface area contributed by atoms with Gasteiger partial charge in [0.15, 0.2) is 11.7 Å². The summed E-state index contributed by atoms with van der Waals surface area (Å²) in [5.41, 5.74) is -0.304. The zero-order valence-electron chi connectivity index (χ0n) is 10.0. The lowest BCUT2D eigenvalue weighted by Crippen LogP contribution is -2.30. The molecule has 1 heterocycles. The number of benzene rings is 1. The summed E-state index contributed by atoms with van der Waals surface area (Å²) in [6.45, 7) is 1.74. The van der Waals surface area contributed by atoms with Gasteiger partial charge in [-0.15, -0.1) is 0 Å². The Bertz CT molecular complexity index is 594. The number of ether oxygens (including phenoxy) is 1. The van der Waals surface area contributed by atoms with Gasteiger partial charge in [-0.3, -0.25) is 24.7 Å². The molecule has 0 bridgehead atoms. The number of ketones is 1. The number of nitro groups is 1. The van der Waals surface area contributed by atoms with Crippen molar-refractivity contribution in [3.63, 3.8) is 0 Å². The van der Waals surface area contributed by atoms with Crippen LogP contribution in [-0.2, 0) is 9.53 Å². The van der Waals surface area contributed by atoms with Crippen molar-refractivity contribution in [2.45, 2.75) is 6.92 Å². The highest BCUT2D eigenvalue weighted by Crippen LogP contribution is 2.33. The van der Waals surface area contributed by atoms with Crippen molar-refractivity contribution < 1.29 is 19.2 Å². The van der Waals surface area contributed by atoms with Crippen LogP contribution in [0, 0.1) is 16.0 Å². The lowest BCUT2D eigenvalue weighted by molar-refractivity contribution is -0.385. The van der Waals surface area contributed by atoms with E-state index in [0.717, 1.165) is 6.21 Å². The number of carbonyl (C=O) groups is 2. The number of nitrogens with zero attached hydrogens (tertiary/aromatic N) is 2. The van der Waals surface area contributed by atoms with E-state index in [1.54, 1.807) is 6.92 Å². The van der Waals surface area contributed by atoms with Gasteiger partial charge in [-0.05, 0) is 13.0 Å². The summed E-state index contributed by atoms with van der Waals surface area (Å²) in [5.74, 6) is -2.62. The first kappa shape index (κ1) is 12.9. The van der Waals surface area contributed by atoms with Gasteiger partial charge >= 0.3 is 5.97 Å². The molecule has 1 aromatic carbocycles. The van der Waals surface area contributed by atoms with Gasteiger partial charge in [0.25, 0.3) is 5.69 Å². The largest absolute Gasteiger partial charge is 0.465 e. The highest BCUT2D eigenvalue weighted by molar-refractivity contribution is 6.23. The predicted octanol–water partition coefficient (Wildman–Crippen LogP) is 1.67. The van der Waals surface area contributed by atoms with E-state index in [1.165, 1.54) is 18.2 Å². The first-order valence-corrected chi connectivity index (χ1v) is 5.58. The van der Waals surface area contributed by atoms with Gasteiger partial charge < -0.3 is 4.74 Å². The Morgan fingerprint density at radius 1 is 1.53 bits per heavy atom. The third-order valence-electron chi connectivity index (χ3n) is 2.65. The Morgan fingerprint density at radius 3 is 2.89 bits per heavy atom. The molecule has 0 aliphatic carbocycles. The molecule has 1 unspecified atom stereocenters. The van der Waals surface area contributed by atoms with Gasteiger partial charge in [0.05, 0.1) is 17.2 Å². The van der Waals surface area contributed by atoms with Crippen molar-refractivity contribution in [3.05, 3.63) is 33.9 Å². The van der Waals surface area contributed by atoms with Crippen LogP contribution in [0.3, 0.4) is 0 Å². The Morgan fingerprint density at radius 2 is 2.26 bits per heavy atom. The molecule has 0 saturated heterocycles. The zero-order valence-corrected chi connectivity index (χ0v) is 10.0. The molecule has 7 nitrogen and oxygen atoms in total. The van der Waals surface area contributed by atoms with Crippen LogP contribution in [0.4, 0.5) is 11.4 Å². The van der Waals surface area contributed by atoms with E-state index < -0.39 is 22.6 Å². The maximum Gasteiger partial charge on any atom is 0.322 e. The fourth-order valence-electron chi connectivity index (χ4n) is 1.82. The average molecular weight is 262 g/mol. The van der Waals surface area contributed by atoms with Crippen LogP contribution in [-0.4, -0.2) is 29.5 Å². The number of hydrogen-bond donors (Lipinski definition) is 0. The lowest BCUT2D eigenvalue weighted by Gasteiger charge is -2.15. The highest BCUT2D eigenvalue weighted by atomic mass is 16.6. The van der Waals surface area contributed by atoms with Crippen molar-refractivity contribution in [1.82, 2.24) is 0 Å². The number of carbonyl (C=O) groups excluding carboxylic acids is 2. The Hall–Kier alpha value is -2.57. The molecule has 1 aliphatic rings. The van der Waals surface area contributed by atoms with Gasteiger partial charge in [-0.2, -0.15) is 0 Å². The number of Topliss-reactive ketones (excluding diaryl/α,β-unsaturated/α-hetero) is 1. The van der Waals surface area contributed by atoms with E-state index in [-0.39, 0.29) is 23.5 Å². The molecule has 0 amide bonds. The number of esters is 1. The van der Waals surface area contributed by atoms with Gasteiger partial charge in [0.1, 0.15) is 5.56 Å². The summed E-state index contributed by atoms with van der Waals surface area (Å²) >= 11 is 0. The highest BCUT2D eigenvalue weighted by Gasteiger charge is 2.36. The minimum atomic E-state index is -1.21. The van der Waals surface area contributed by atoms with Crippen LogP contribution in [0.15, 0.2) is 23.2 Å². The normalized spacial score (nSPS) is 16.9. The molecular formula is C12H10N2O5. The zero-order chi connectivity index (χ0) is 14.0. The van der Waals surface area contributed by atoms with Crippen molar-refractivity contribution in [2.24, 2.45) is 10.9 Å². The van der Waals surface area contributed by atoms with E-state index in [2.05, 4.69) is 4.99 Å². The van der Waals surface area contributed by atoms with Crippen molar-refractivity contribution >= 4 is 29.3 Å². The average Bonchev–Trinajstić information content (AvgIpc) is 2.38. The maximum absolute atomic E-state index is 12.2. The first-order valence-electron chi connectivity index (χ1n) is 5.58. The standard InChI is InChI=1S/C12H10N2O5/c1-2-19-12(16)7-6-13-8-4-3-5-9(14(17)18)10(8)11(7)15/h3-7H,2H2,1H3. The van der Waals surface area contributed by atoms with Gasteiger partial charge in [0.2, 0.25) is 0 Å². The number of fused-ring (bicyclic) bond motifs is 1. The molecule has 19 heavy (non-hydrogen) atoms. The van der Waals surface area contributed by atoms with Crippen molar-refractivity contribution in [1.29, 1.82) is 0 Å². The van der Waals surface area contributed by atoms with E-state index in [4.69, 9.17) is 4.74 Å². The second-order valence-corrected chi connectivity index (χ2v) is 3.80. The second kappa shape index (κ2) is 4.97. The Labute approximate surface area is 108 Å². The van der Waals surface area contributed by atoms with Crippen LogP contribution < -0.4 is 0 Å². The van der Waals surface area contributed by atoms with E-state index in [0.29, 0.717) is 0 Å². The molecule has 2 rings (SSSR count). The second-order valence-electron chi connectivity index (χ2n) is 3.80. The molecule has 98 valence electrons. The smallest absolute Gasteiger partial charge is 0.322 e. The van der Waals surface area contributed by atoms with Gasteiger partial charge in [0, 0.05) is 12.3 Å². The molecule has 0 spiro atoms. The Kier molecular flexibility index (Phi) is 3.37. The third-order valence-corrected chi connectivity index (χ3v) is 2.65. The predicted molar refractivity (Wildman–Crippen MR) is 65.7 cm³/mol. The van der Waals surface area contributed by atoms with Crippen LogP contribution in [0.1, 0.15) is 17.3 Å². The lowest BCUT2D eigenvalue weighted by atomic mass is 9.93. The van der Waals surface area contributed by atoms with Crippen LogP contribution in [0.5, 0.6) is 0 Å². The Balaban J connectivity index is 2.47. The van der Waals surface area contributed by atoms with E-state index in [1.807, 2.05) is 0 Å². The first-order chi connectivity index (χ1) is 9.06. The van der Waals surface area contributed by atoms with Crippen molar-refractivity contribution in [3.8, 4) is 0 Å². The SMILES string of the molecule is CCOC(=O)C1C=Nc2cccc([N+](=O)[O-])c2C1=O. The van der Waals surface area contributed by atoms with Crippen LogP contribution >= 0.6 is 0 Å². The number of hydrogen-bond acceptors (Lipinski definition) is 6. The summed E-state index contributed by atoms with van der Waals surface area (Å²) in [7, 11) is 0. The summed E-state index contributed by atoms with van der Waals surface area (Å²) in [4.78, 5) is 37.9. The summed E-state index contributed by atoms with van der Waals surface area (Å²) in [6.07, 6.45) is 1.16. The van der Waals surface area contributed by atoms with E-state index >= 15 is 0 Å². The summed E-state index contributed by atoms with van der Waals surface area (Å²) in [5, 5.41) is 10.9. The molecule has 0 radical (unpaired) electrons. The molecule has 1 aromatic rings. The third kappa shape index (κ3) is 2.22. The quantitative estimate of drug-likeness (QED) is 0.357. The fraction of sp³-hybridized carbons (Fsp3) is 0.250. The minimum absolute atomic E-state index is 0.125. The summed E-state index contributed by atoms with van der Waals surface area (Å²) < 4.78 is 4.75. The van der Waals surface area contributed by atoms with Crippen LogP contribution in [0.2, 0.25) is 0 Å². The van der Waals surface area contributed by atoms with E-state index in [9.17, 15) is 19.7 Å². The number of rotatable bonds is 3. The molecule has 0 fully saturated rings.